The van der Waals surface area contributed by atoms with E-state index in [0.717, 1.165) is 16.8 Å². The second kappa shape index (κ2) is 8.21. The molecule has 1 N–H and O–H groups in total. The SMILES string of the molecule is Cc1nn(CC(=O)NCc2ccc(OC(F)(F)F)cc2)c(=O)n1-c1ccccc1. The molecule has 0 aliphatic carbocycles. The number of amides is 1. The van der Waals surface area contributed by atoms with E-state index in [9.17, 15) is 22.8 Å². The van der Waals surface area contributed by atoms with E-state index in [2.05, 4.69) is 15.2 Å². The number of aryl methyl sites for hydroxylation is 1. The summed E-state index contributed by atoms with van der Waals surface area (Å²) in [6.45, 7) is 1.46. The fraction of sp³-hybridized carbons (Fsp3) is 0.211. The highest BCUT2D eigenvalue weighted by molar-refractivity contribution is 5.75. The molecule has 7 nitrogen and oxygen atoms in total. The van der Waals surface area contributed by atoms with Gasteiger partial charge in [0.25, 0.3) is 0 Å². The second-order valence-electron chi connectivity index (χ2n) is 6.13. The lowest BCUT2D eigenvalue weighted by Gasteiger charge is -2.09. The molecule has 0 spiro atoms. The first-order valence-corrected chi connectivity index (χ1v) is 8.56. The molecule has 0 saturated carbocycles. The topological polar surface area (TPSA) is 78.2 Å². The number of benzene rings is 2. The van der Waals surface area contributed by atoms with Crippen LogP contribution in [0.5, 0.6) is 5.75 Å². The minimum absolute atomic E-state index is 0.0816. The number of rotatable bonds is 6. The van der Waals surface area contributed by atoms with Gasteiger partial charge < -0.3 is 10.1 Å². The molecule has 0 unspecified atom stereocenters. The maximum atomic E-state index is 12.5. The van der Waals surface area contributed by atoms with Crippen LogP contribution >= 0.6 is 0 Å². The van der Waals surface area contributed by atoms with Crippen molar-refractivity contribution in [2.45, 2.75) is 26.4 Å². The number of aromatic nitrogens is 3. The van der Waals surface area contributed by atoms with E-state index in [1.54, 1.807) is 31.2 Å². The summed E-state index contributed by atoms with van der Waals surface area (Å²) in [5.74, 6) is -0.365. The number of alkyl halides is 3. The quantitative estimate of drug-likeness (QED) is 0.683. The van der Waals surface area contributed by atoms with Crippen LogP contribution in [0.25, 0.3) is 5.69 Å². The van der Waals surface area contributed by atoms with Crippen LogP contribution in [0, 0.1) is 6.92 Å². The molecule has 29 heavy (non-hydrogen) atoms. The number of nitrogens with one attached hydrogen (secondary N) is 1. The standard InChI is InChI=1S/C19H17F3N4O3/c1-13-24-25(18(28)26(13)15-5-3-2-4-6-15)12-17(27)23-11-14-7-9-16(10-8-14)29-19(20,21)22/h2-10H,11-12H2,1H3,(H,23,27). The Morgan fingerprint density at radius 2 is 1.76 bits per heavy atom. The molecule has 0 bridgehead atoms. The van der Waals surface area contributed by atoms with Crippen molar-refractivity contribution in [1.29, 1.82) is 0 Å². The van der Waals surface area contributed by atoms with E-state index < -0.39 is 18.0 Å². The van der Waals surface area contributed by atoms with Crippen molar-refractivity contribution in [3.63, 3.8) is 0 Å². The van der Waals surface area contributed by atoms with E-state index in [0.29, 0.717) is 17.1 Å². The highest BCUT2D eigenvalue weighted by atomic mass is 19.4. The zero-order chi connectivity index (χ0) is 21.0. The number of halogens is 3. The summed E-state index contributed by atoms with van der Waals surface area (Å²) in [7, 11) is 0. The van der Waals surface area contributed by atoms with E-state index in [4.69, 9.17) is 0 Å². The van der Waals surface area contributed by atoms with Crippen LogP contribution < -0.4 is 15.7 Å². The van der Waals surface area contributed by atoms with Crippen molar-refractivity contribution in [2.24, 2.45) is 0 Å². The summed E-state index contributed by atoms with van der Waals surface area (Å²) < 4.78 is 42.7. The lowest BCUT2D eigenvalue weighted by molar-refractivity contribution is -0.274. The summed E-state index contributed by atoms with van der Waals surface area (Å²) >= 11 is 0. The molecule has 1 heterocycles. The molecular formula is C19H17F3N4O3. The zero-order valence-electron chi connectivity index (χ0n) is 15.3. The lowest BCUT2D eigenvalue weighted by atomic mass is 10.2. The number of para-hydroxylation sites is 1. The Labute approximate surface area is 163 Å². The monoisotopic (exact) mass is 406 g/mol. The molecule has 0 fully saturated rings. The fourth-order valence-corrected chi connectivity index (χ4v) is 2.69. The fourth-order valence-electron chi connectivity index (χ4n) is 2.69. The summed E-state index contributed by atoms with van der Waals surface area (Å²) in [6.07, 6.45) is -4.76. The van der Waals surface area contributed by atoms with Gasteiger partial charge in [0.2, 0.25) is 5.91 Å². The number of hydrogen-bond donors (Lipinski definition) is 1. The van der Waals surface area contributed by atoms with Gasteiger partial charge in [-0.1, -0.05) is 30.3 Å². The van der Waals surface area contributed by atoms with Crippen LogP contribution in [0.1, 0.15) is 11.4 Å². The van der Waals surface area contributed by atoms with Gasteiger partial charge in [-0.15, -0.1) is 13.2 Å². The van der Waals surface area contributed by atoms with E-state index >= 15 is 0 Å². The Morgan fingerprint density at radius 1 is 1.10 bits per heavy atom. The largest absolute Gasteiger partial charge is 0.573 e. The summed E-state index contributed by atoms with van der Waals surface area (Å²) in [6, 6.07) is 14.0. The number of carbonyl (C=O) groups is 1. The van der Waals surface area contributed by atoms with Crippen molar-refractivity contribution in [3.8, 4) is 11.4 Å². The minimum Gasteiger partial charge on any atom is -0.406 e. The molecule has 152 valence electrons. The molecule has 0 aliphatic heterocycles. The van der Waals surface area contributed by atoms with Crippen LogP contribution in [-0.4, -0.2) is 26.6 Å². The molecule has 1 amide bonds. The summed E-state index contributed by atoms with van der Waals surface area (Å²) in [5, 5.41) is 6.71. The van der Waals surface area contributed by atoms with Gasteiger partial charge in [0.1, 0.15) is 18.1 Å². The second-order valence-corrected chi connectivity index (χ2v) is 6.13. The average molecular weight is 406 g/mol. The van der Waals surface area contributed by atoms with Crippen LogP contribution in [0.4, 0.5) is 13.2 Å². The van der Waals surface area contributed by atoms with Crippen molar-refractivity contribution >= 4 is 5.91 Å². The summed E-state index contributed by atoms with van der Waals surface area (Å²) in [5.41, 5.74) is 0.770. The number of ether oxygens (including phenoxy) is 1. The highest BCUT2D eigenvalue weighted by Gasteiger charge is 2.30. The Balaban J connectivity index is 1.61. The molecule has 10 heteroatoms. The third-order valence-electron chi connectivity index (χ3n) is 3.96. The number of carbonyl (C=O) groups excluding carboxylic acids is 1. The van der Waals surface area contributed by atoms with Gasteiger partial charge in [-0.3, -0.25) is 4.79 Å². The Hall–Kier alpha value is -3.56. The normalized spacial score (nSPS) is 11.3. The van der Waals surface area contributed by atoms with Crippen LogP contribution in [-0.2, 0) is 17.9 Å². The van der Waals surface area contributed by atoms with E-state index in [1.807, 2.05) is 6.07 Å². The highest BCUT2D eigenvalue weighted by Crippen LogP contribution is 2.22. The lowest BCUT2D eigenvalue weighted by Crippen LogP contribution is -2.33. The Bertz CT molecular complexity index is 1040. The van der Waals surface area contributed by atoms with Crippen LogP contribution in [0.3, 0.4) is 0 Å². The first-order valence-electron chi connectivity index (χ1n) is 8.56. The predicted octanol–water partition coefficient (Wildman–Crippen LogP) is 2.56. The minimum atomic E-state index is -4.76. The van der Waals surface area contributed by atoms with E-state index in [-0.39, 0.29) is 18.8 Å². The summed E-state index contributed by atoms with van der Waals surface area (Å²) in [4.78, 5) is 24.7. The van der Waals surface area contributed by atoms with Gasteiger partial charge in [0.05, 0.1) is 5.69 Å². The molecule has 3 rings (SSSR count). The molecule has 0 saturated heterocycles. The van der Waals surface area contributed by atoms with Gasteiger partial charge in [0, 0.05) is 6.54 Å². The average Bonchev–Trinajstić information content (AvgIpc) is 2.94. The number of nitrogens with zero attached hydrogens (tertiary/aromatic N) is 3. The third kappa shape index (κ3) is 5.24. The smallest absolute Gasteiger partial charge is 0.406 e. The van der Waals surface area contributed by atoms with Crippen LogP contribution in [0.15, 0.2) is 59.4 Å². The molecule has 0 radical (unpaired) electrons. The van der Waals surface area contributed by atoms with Gasteiger partial charge in [-0.05, 0) is 36.8 Å². The van der Waals surface area contributed by atoms with Gasteiger partial charge in [0.15, 0.2) is 0 Å². The Kier molecular flexibility index (Phi) is 5.71. The van der Waals surface area contributed by atoms with Gasteiger partial charge in [-0.2, -0.15) is 5.10 Å². The maximum Gasteiger partial charge on any atom is 0.573 e. The molecule has 0 aliphatic rings. The predicted molar refractivity (Wildman–Crippen MR) is 97.5 cm³/mol. The van der Waals surface area contributed by atoms with Crippen molar-refractivity contribution < 1.29 is 22.7 Å². The van der Waals surface area contributed by atoms with E-state index in [1.165, 1.54) is 16.7 Å². The first-order chi connectivity index (χ1) is 13.7. The van der Waals surface area contributed by atoms with Gasteiger partial charge in [-0.25, -0.2) is 14.0 Å². The Morgan fingerprint density at radius 3 is 2.38 bits per heavy atom. The molecule has 2 aromatic carbocycles. The van der Waals surface area contributed by atoms with Crippen molar-refractivity contribution in [1.82, 2.24) is 19.7 Å². The molecular weight excluding hydrogens is 389 g/mol. The molecule has 0 atom stereocenters. The van der Waals surface area contributed by atoms with Crippen molar-refractivity contribution in [2.75, 3.05) is 0 Å². The number of hydrogen-bond acceptors (Lipinski definition) is 4. The molecule has 1 aromatic heterocycles. The third-order valence-corrected chi connectivity index (χ3v) is 3.96. The van der Waals surface area contributed by atoms with Gasteiger partial charge >= 0.3 is 12.1 Å². The van der Waals surface area contributed by atoms with Crippen molar-refractivity contribution in [3.05, 3.63) is 76.5 Å². The van der Waals surface area contributed by atoms with Crippen LogP contribution in [0.2, 0.25) is 0 Å². The molecule has 3 aromatic rings. The maximum absolute atomic E-state index is 12.5. The zero-order valence-corrected chi connectivity index (χ0v) is 15.3. The first kappa shape index (κ1) is 20.2.